The fourth-order valence-corrected chi connectivity index (χ4v) is 4.12. The number of aromatic nitrogens is 4. The Bertz CT molecular complexity index is 1600. The molecule has 5 N–H and O–H groups in total. The number of benzene rings is 2. The highest BCUT2D eigenvalue weighted by Crippen LogP contribution is 2.36. The van der Waals surface area contributed by atoms with Gasteiger partial charge in [-0.05, 0) is 19.2 Å². The molecule has 1 amide bonds. The molecule has 0 bridgehead atoms. The summed E-state index contributed by atoms with van der Waals surface area (Å²) in [5.74, 6) is -1.23. The number of carbonyl (C=O) groups is 1. The predicted molar refractivity (Wildman–Crippen MR) is 148 cm³/mol. The number of fused-ring (bicyclic) bond motifs is 1. The quantitative estimate of drug-likeness (QED) is 0.132. The van der Waals surface area contributed by atoms with Gasteiger partial charge < -0.3 is 34.8 Å². The molecule has 0 saturated heterocycles. The van der Waals surface area contributed by atoms with Crippen molar-refractivity contribution >= 4 is 42.0 Å². The molecule has 0 aliphatic carbocycles. The van der Waals surface area contributed by atoms with Crippen molar-refractivity contribution in [2.24, 2.45) is 0 Å². The first kappa shape index (κ1) is 30.7. The SMILES string of the molecule is COc1cc(OCCN(C)CCOP(=O)(O)O)c2c(Nc3cc(CC(=O)Nc4cccc(F)c4F)[nH]n3)ncnc2c1. The van der Waals surface area contributed by atoms with Crippen LogP contribution in [0.2, 0.25) is 0 Å². The van der Waals surface area contributed by atoms with E-state index in [1.165, 1.54) is 25.6 Å². The van der Waals surface area contributed by atoms with Crippen LogP contribution in [0.5, 0.6) is 11.5 Å². The van der Waals surface area contributed by atoms with Crippen molar-refractivity contribution < 1.29 is 41.9 Å². The van der Waals surface area contributed by atoms with Crippen LogP contribution in [0.25, 0.3) is 10.9 Å². The second-order valence-corrected chi connectivity index (χ2v) is 10.2. The van der Waals surface area contributed by atoms with Gasteiger partial charge in [0.1, 0.15) is 30.3 Å². The lowest BCUT2D eigenvalue weighted by Crippen LogP contribution is -2.27. The largest absolute Gasteiger partial charge is 0.497 e. The monoisotopic (exact) mass is 607 g/mol. The number of likely N-dealkylation sites (N-methyl/N-ethyl adjacent to an activating group) is 1. The number of phosphoric acid groups is 1. The third kappa shape index (κ3) is 8.41. The van der Waals surface area contributed by atoms with Crippen molar-refractivity contribution in [2.75, 3.05) is 51.1 Å². The molecule has 0 unspecified atom stereocenters. The topological polar surface area (TPSA) is 184 Å². The van der Waals surface area contributed by atoms with E-state index in [-0.39, 0.29) is 31.9 Å². The molecule has 17 heteroatoms. The van der Waals surface area contributed by atoms with Gasteiger partial charge in [-0.2, -0.15) is 5.10 Å². The van der Waals surface area contributed by atoms with Crippen LogP contribution in [0.1, 0.15) is 5.69 Å². The number of hydrogen-bond donors (Lipinski definition) is 5. The number of H-pyrrole nitrogens is 1. The van der Waals surface area contributed by atoms with Gasteiger partial charge in [0.15, 0.2) is 17.5 Å². The van der Waals surface area contributed by atoms with Crippen LogP contribution in [0.4, 0.5) is 26.1 Å². The van der Waals surface area contributed by atoms with Crippen LogP contribution < -0.4 is 20.1 Å². The fraction of sp³-hybridized carbons (Fsp3) is 0.280. The Balaban J connectivity index is 1.44. The summed E-state index contributed by atoms with van der Waals surface area (Å²) in [5, 5.41) is 12.8. The molecule has 4 rings (SSSR count). The van der Waals surface area contributed by atoms with E-state index in [0.29, 0.717) is 46.3 Å². The summed E-state index contributed by atoms with van der Waals surface area (Å²) >= 11 is 0. The summed E-state index contributed by atoms with van der Waals surface area (Å²) in [7, 11) is -1.29. The number of amides is 1. The lowest BCUT2D eigenvalue weighted by atomic mass is 10.2. The van der Waals surface area contributed by atoms with Crippen molar-refractivity contribution in [3.63, 3.8) is 0 Å². The second-order valence-electron chi connectivity index (χ2n) is 8.95. The third-order valence-corrected chi connectivity index (χ3v) is 6.35. The Morgan fingerprint density at radius 2 is 1.93 bits per heavy atom. The lowest BCUT2D eigenvalue weighted by molar-refractivity contribution is -0.115. The molecule has 0 saturated carbocycles. The number of phosphoric ester groups is 1. The number of hydrogen-bond acceptors (Lipinski definition) is 10. The molecule has 42 heavy (non-hydrogen) atoms. The maximum atomic E-state index is 13.9. The number of ether oxygens (including phenoxy) is 2. The maximum Gasteiger partial charge on any atom is 0.469 e. The molecule has 0 radical (unpaired) electrons. The van der Waals surface area contributed by atoms with Gasteiger partial charge in [0.05, 0.1) is 36.7 Å². The van der Waals surface area contributed by atoms with Crippen molar-refractivity contribution in [3.8, 4) is 11.5 Å². The summed E-state index contributed by atoms with van der Waals surface area (Å²) in [6.45, 7) is 0.723. The van der Waals surface area contributed by atoms with Crippen LogP contribution in [-0.2, 0) is 20.3 Å². The number of anilines is 3. The summed E-state index contributed by atoms with van der Waals surface area (Å²) in [4.78, 5) is 40.4. The van der Waals surface area contributed by atoms with Crippen LogP contribution in [0.15, 0.2) is 42.7 Å². The minimum Gasteiger partial charge on any atom is -0.497 e. The number of rotatable bonds is 14. The van der Waals surface area contributed by atoms with E-state index in [4.69, 9.17) is 19.3 Å². The van der Waals surface area contributed by atoms with Gasteiger partial charge in [-0.1, -0.05) is 6.07 Å². The standard InChI is InChI=1S/C25H28F2N7O7P/c1-34(7-9-41-42(36,37)38)6-8-40-20-13-16(39-2)12-19-23(20)25(29-14-28-19)31-21-10-15(32-33-21)11-22(35)30-18-5-3-4-17(26)24(18)27/h3-5,10,12-14H,6-9,11H2,1-2H3,(H,30,35)(H2,36,37,38)(H2,28,29,31,32,33). The van der Waals surface area contributed by atoms with Crippen molar-refractivity contribution in [2.45, 2.75) is 6.42 Å². The Morgan fingerprint density at radius 1 is 1.14 bits per heavy atom. The highest BCUT2D eigenvalue weighted by atomic mass is 31.2. The first-order chi connectivity index (χ1) is 20.0. The number of aromatic amines is 1. The second kappa shape index (κ2) is 13.6. The highest BCUT2D eigenvalue weighted by molar-refractivity contribution is 7.46. The van der Waals surface area contributed by atoms with Crippen LogP contribution >= 0.6 is 7.82 Å². The zero-order valence-electron chi connectivity index (χ0n) is 22.5. The normalized spacial score (nSPS) is 11.6. The van der Waals surface area contributed by atoms with E-state index in [0.717, 1.165) is 6.07 Å². The van der Waals surface area contributed by atoms with Gasteiger partial charge in [-0.3, -0.25) is 14.4 Å². The number of halogens is 2. The number of carbonyl (C=O) groups excluding carboxylic acids is 1. The molecule has 224 valence electrons. The van der Waals surface area contributed by atoms with Crippen LogP contribution in [-0.4, -0.2) is 81.2 Å². The number of nitrogens with zero attached hydrogens (tertiary/aromatic N) is 4. The van der Waals surface area contributed by atoms with Gasteiger partial charge in [-0.25, -0.2) is 23.3 Å². The minimum atomic E-state index is -4.54. The summed E-state index contributed by atoms with van der Waals surface area (Å²) in [6.07, 6.45) is 1.16. The van der Waals surface area contributed by atoms with E-state index >= 15 is 0 Å². The van der Waals surface area contributed by atoms with Crippen molar-refractivity contribution in [3.05, 3.63) is 60.1 Å². The lowest BCUT2D eigenvalue weighted by Gasteiger charge is -2.18. The molecule has 14 nitrogen and oxygen atoms in total. The predicted octanol–water partition coefficient (Wildman–Crippen LogP) is 2.98. The van der Waals surface area contributed by atoms with Crippen molar-refractivity contribution in [1.29, 1.82) is 0 Å². The summed E-state index contributed by atoms with van der Waals surface area (Å²) in [6, 6.07) is 8.42. The highest BCUT2D eigenvalue weighted by Gasteiger charge is 2.17. The fourth-order valence-electron chi connectivity index (χ4n) is 3.80. The van der Waals surface area contributed by atoms with E-state index in [1.807, 2.05) is 0 Å². The van der Waals surface area contributed by atoms with Gasteiger partial charge >= 0.3 is 7.82 Å². The molecule has 0 aliphatic rings. The first-order valence-electron chi connectivity index (χ1n) is 12.4. The molecule has 2 heterocycles. The van der Waals surface area contributed by atoms with E-state index in [9.17, 15) is 18.1 Å². The molecular weight excluding hydrogens is 579 g/mol. The Kier molecular flexibility index (Phi) is 9.98. The van der Waals surface area contributed by atoms with E-state index in [2.05, 4.69) is 35.3 Å². The van der Waals surface area contributed by atoms with Crippen molar-refractivity contribution in [1.82, 2.24) is 25.1 Å². The molecular formula is C25H28F2N7O7P. The average Bonchev–Trinajstić information content (AvgIpc) is 3.36. The third-order valence-electron chi connectivity index (χ3n) is 5.83. The van der Waals surface area contributed by atoms with Crippen LogP contribution in [0.3, 0.4) is 0 Å². The molecule has 2 aromatic carbocycles. The summed E-state index contributed by atoms with van der Waals surface area (Å²) in [5.41, 5.74) is 0.639. The van der Waals surface area contributed by atoms with Gasteiger partial charge in [0.25, 0.3) is 0 Å². The van der Waals surface area contributed by atoms with Crippen LogP contribution in [0, 0.1) is 11.6 Å². The molecule has 0 aliphatic heterocycles. The van der Waals surface area contributed by atoms with E-state index < -0.39 is 25.4 Å². The zero-order chi connectivity index (χ0) is 30.3. The Morgan fingerprint density at radius 3 is 2.69 bits per heavy atom. The first-order valence-corrected chi connectivity index (χ1v) is 13.9. The smallest absolute Gasteiger partial charge is 0.469 e. The summed E-state index contributed by atoms with van der Waals surface area (Å²) < 4.78 is 54.0. The molecule has 2 aromatic heterocycles. The van der Waals surface area contributed by atoms with Gasteiger partial charge in [-0.15, -0.1) is 0 Å². The molecule has 4 aromatic rings. The van der Waals surface area contributed by atoms with Gasteiger partial charge in [0, 0.05) is 37.0 Å². The average molecular weight is 608 g/mol. The Labute approximate surface area is 238 Å². The number of methoxy groups -OCH3 is 1. The molecule has 0 spiro atoms. The molecule has 0 atom stereocenters. The maximum absolute atomic E-state index is 13.9. The zero-order valence-corrected chi connectivity index (χ0v) is 23.4. The molecule has 0 fully saturated rings. The minimum absolute atomic E-state index is 0.153. The van der Waals surface area contributed by atoms with E-state index in [1.54, 1.807) is 30.1 Å². The number of nitrogens with one attached hydrogen (secondary N) is 3. The van der Waals surface area contributed by atoms with Gasteiger partial charge in [0.2, 0.25) is 5.91 Å². The Hall–Kier alpha value is -4.21.